The summed E-state index contributed by atoms with van der Waals surface area (Å²) in [4.78, 5) is 0. The molecule has 0 radical (unpaired) electrons. The van der Waals surface area contributed by atoms with Gasteiger partial charge in [-0.05, 0) is 10.4 Å². The first-order valence-electron chi connectivity index (χ1n) is 1.45. The third-order valence-electron chi connectivity index (χ3n) is 0.343. The van der Waals surface area contributed by atoms with Crippen molar-refractivity contribution in [3.63, 3.8) is 0 Å². The summed E-state index contributed by atoms with van der Waals surface area (Å²) in [6.07, 6.45) is 2.93. The molecule has 1 rings (SSSR count). The van der Waals surface area contributed by atoms with E-state index in [1.165, 1.54) is 12.4 Å². The second-order valence-electron chi connectivity index (χ2n) is 0.708. The van der Waals surface area contributed by atoms with E-state index < -0.39 is 0 Å². The summed E-state index contributed by atoms with van der Waals surface area (Å²) >= 11 is 0. The van der Waals surface area contributed by atoms with Crippen LogP contribution in [0, 0.1) is 0 Å². The van der Waals surface area contributed by atoms with Crippen molar-refractivity contribution in [3.05, 3.63) is 12.4 Å². The molecule has 0 aliphatic carbocycles. The number of halogens is 2. The predicted molar refractivity (Wildman–Crippen MR) is 32.1 cm³/mol. The van der Waals surface area contributed by atoms with Gasteiger partial charge in [0, 0.05) is 0 Å². The average molecular weight is 155 g/mol. The van der Waals surface area contributed by atoms with Gasteiger partial charge in [-0.3, -0.25) is 0 Å². The van der Waals surface area contributed by atoms with E-state index >= 15 is 0 Å². The Morgan fingerprint density at radius 2 is 1.12 bits per heavy atom. The molecule has 46 valence electrons. The van der Waals surface area contributed by atoms with Gasteiger partial charge < -0.3 is 0 Å². The van der Waals surface area contributed by atoms with E-state index in [2.05, 4.69) is 20.6 Å². The molecule has 1 heterocycles. The second kappa shape index (κ2) is 6.52. The van der Waals surface area contributed by atoms with Crippen LogP contribution < -0.4 is 0 Å². The molecule has 0 spiro atoms. The topological polar surface area (TPSA) is 51.6 Å². The summed E-state index contributed by atoms with van der Waals surface area (Å²) < 4.78 is 0. The normalized spacial score (nSPS) is 6.00. The minimum Gasteiger partial charge on any atom is -0.147 e. The van der Waals surface area contributed by atoms with Gasteiger partial charge in [0.15, 0.2) is 0 Å². The second-order valence-corrected chi connectivity index (χ2v) is 0.708. The van der Waals surface area contributed by atoms with Gasteiger partial charge in [-0.25, -0.2) is 0 Å². The Morgan fingerprint density at radius 3 is 1.25 bits per heavy atom. The average Bonchev–Trinajstić information content (AvgIpc) is 1.72. The van der Waals surface area contributed by atoms with Crippen LogP contribution in [0.4, 0.5) is 0 Å². The predicted octanol–water partition coefficient (Wildman–Crippen LogP) is 0.110. The van der Waals surface area contributed by atoms with E-state index in [1.54, 1.807) is 0 Å². The lowest BCUT2D eigenvalue weighted by Crippen LogP contribution is -1.84. The molecule has 0 N–H and O–H groups in total. The minimum absolute atomic E-state index is 0. The lowest BCUT2D eigenvalue weighted by atomic mass is 11.0. The molecule has 4 nitrogen and oxygen atoms in total. The Kier molecular flexibility index (Phi) is 8.55. The zero-order valence-electron chi connectivity index (χ0n) is 3.76. The van der Waals surface area contributed by atoms with Crippen LogP contribution in [-0.2, 0) is 0 Å². The Hall–Kier alpha value is -0.480. The van der Waals surface area contributed by atoms with Crippen LogP contribution in [0.5, 0.6) is 0 Å². The number of aromatic nitrogens is 4. The molecule has 1 aromatic rings. The molecule has 0 aromatic carbocycles. The molecule has 0 saturated carbocycles. The van der Waals surface area contributed by atoms with Crippen molar-refractivity contribution >= 4 is 24.8 Å². The van der Waals surface area contributed by atoms with Gasteiger partial charge in [0.1, 0.15) is 0 Å². The summed E-state index contributed by atoms with van der Waals surface area (Å²) in [5, 5.41) is 13.1. The van der Waals surface area contributed by atoms with Gasteiger partial charge in [0.25, 0.3) is 0 Å². The standard InChI is InChI=1S/C2H2N4.2ClH/c1-2-4-6-5-3-1;;/h1-2H;2*1H. The highest BCUT2D eigenvalue weighted by molar-refractivity contribution is 5.85. The fourth-order valence-electron chi connectivity index (χ4n) is 0.165. The molecule has 0 amide bonds. The number of hydrogen-bond donors (Lipinski definition) is 0. The van der Waals surface area contributed by atoms with Gasteiger partial charge in [-0.1, -0.05) is 0 Å². The molecule has 1 aromatic heterocycles. The Bertz CT molecular complexity index is 84.0. The maximum absolute atomic E-state index is 3.36. The van der Waals surface area contributed by atoms with Crippen molar-refractivity contribution in [3.8, 4) is 0 Å². The number of rotatable bonds is 0. The number of hydrogen-bond acceptors (Lipinski definition) is 4. The zero-order chi connectivity index (χ0) is 4.24. The molecular formula is C2H4Cl2N4. The Labute approximate surface area is 58.5 Å². The van der Waals surface area contributed by atoms with Crippen LogP contribution in [0.25, 0.3) is 0 Å². The van der Waals surface area contributed by atoms with E-state index in [0.717, 1.165) is 0 Å². The van der Waals surface area contributed by atoms with Crippen LogP contribution in [0.3, 0.4) is 0 Å². The van der Waals surface area contributed by atoms with Gasteiger partial charge in [-0.2, -0.15) is 0 Å². The quantitative estimate of drug-likeness (QED) is 0.533. The fraction of sp³-hybridized carbons (Fsp3) is 0. The van der Waals surface area contributed by atoms with Crippen LogP contribution in [-0.4, -0.2) is 20.6 Å². The molecule has 0 fully saturated rings. The van der Waals surface area contributed by atoms with Crippen LogP contribution in [0.15, 0.2) is 12.4 Å². The number of nitrogens with zero attached hydrogens (tertiary/aromatic N) is 4. The van der Waals surface area contributed by atoms with Crippen molar-refractivity contribution in [2.75, 3.05) is 0 Å². The lowest BCUT2D eigenvalue weighted by molar-refractivity contribution is 0.761. The van der Waals surface area contributed by atoms with Gasteiger partial charge >= 0.3 is 0 Å². The lowest BCUT2D eigenvalue weighted by Gasteiger charge is -1.67. The minimum atomic E-state index is 0. The summed E-state index contributed by atoms with van der Waals surface area (Å²) in [7, 11) is 0. The molecule has 0 aliphatic heterocycles. The summed E-state index contributed by atoms with van der Waals surface area (Å²) in [6.45, 7) is 0. The van der Waals surface area contributed by atoms with E-state index in [-0.39, 0.29) is 24.8 Å². The van der Waals surface area contributed by atoms with E-state index in [1.807, 2.05) is 0 Å². The molecule has 0 atom stereocenters. The van der Waals surface area contributed by atoms with E-state index in [0.29, 0.717) is 0 Å². The monoisotopic (exact) mass is 154 g/mol. The van der Waals surface area contributed by atoms with Gasteiger partial charge in [0.2, 0.25) is 0 Å². The van der Waals surface area contributed by atoms with Crippen LogP contribution in [0.1, 0.15) is 0 Å². The maximum Gasteiger partial charge on any atom is 0.0716 e. The highest BCUT2D eigenvalue weighted by Crippen LogP contribution is 1.53. The molecular weight excluding hydrogens is 151 g/mol. The third-order valence-corrected chi connectivity index (χ3v) is 0.343. The summed E-state index contributed by atoms with van der Waals surface area (Å²) in [5.74, 6) is 0. The molecule has 0 unspecified atom stereocenters. The van der Waals surface area contributed by atoms with Gasteiger partial charge in [0.05, 0.1) is 12.4 Å². The van der Waals surface area contributed by atoms with Crippen molar-refractivity contribution in [2.24, 2.45) is 0 Å². The Balaban J connectivity index is 0. The molecule has 0 bridgehead atoms. The highest BCUT2D eigenvalue weighted by atomic mass is 35.5. The van der Waals surface area contributed by atoms with E-state index in [4.69, 9.17) is 0 Å². The third kappa shape index (κ3) is 3.70. The smallest absolute Gasteiger partial charge is 0.0716 e. The first-order chi connectivity index (χ1) is 3.00. The van der Waals surface area contributed by atoms with Gasteiger partial charge in [-0.15, -0.1) is 35.0 Å². The zero-order valence-corrected chi connectivity index (χ0v) is 5.39. The maximum atomic E-state index is 3.36. The fourth-order valence-corrected chi connectivity index (χ4v) is 0.165. The van der Waals surface area contributed by atoms with Crippen molar-refractivity contribution < 1.29 is 0 Å². The SMILES string of the molecule is Cl.Cl.c1cnnnn1. The van der Waals surface area contributed by atoms with Crippen LogP contribution >= 0.6 is 24.8 Å². The first-order valence-corrected chi connectivity index (χ1v) is 1.45. The van der Waals surface area contributed by atoms with E-state index in [9.17, 15) is 0 Å². The first kappa shape index (κ1) is 10.5. The molecule has 6 heteroatoms. The summed E-state index contributed by atoms with van der Waals surface area (Å²) in [5.41, 5.74) is 0. The Morgan fingerprint density at radius 1 is 0.750 bits per heavy atom. The molecule has 0 saturated heterocycles. The van der Waals surface area contributed by atoms with Crippen LogP contribution in [0.2, 0.25) is 0 Å². The van der Waals surface area contributed by atoms with Crippen molar-refractivity contribution in [2.45, 2.75) is 0 Å². The van der Waals surface area contributed by atoms with Crippen molar-refractivity contribution in [1.82, 2.24) is 20.6 Å². The largest absolute Gasteiger partial charge is 0.147 e. The van der Waals surface area contributed by atoms with Crippen molar-refractivity contribution in [1.29, 1.82) is 0 Å². The summed E-state index contributed by atoms with van der Waals surface area (Å²) in [6, 6.07) is 0. The molecule has 0 aliphatic rings. The molecule has 8 heavy (non-hydrogen) atoms. The highest BCUT2D eigenvalue weighted by Gasteiger charge is 1.61.